The monoisotopic (exact) mass is 262 g/mol. The maximum atomic E-state index is 5.45. The molecule has 1 aromatic carbocycles. The summed E-state index contributed by atoms with van der Waals surface area (Å²) in [5.74, 6) is 0. The van der Waals surface area contributed by atoms with Crippen LogP contribution in [0.4, 0.5) is 0 Å². The molecule has 3 heteroatoms. The molecule has 0 aliphatic rings. The van der Waals surface area contributed by atoms with E-state index in [1.165, 1.54) is 0 Å². The second-order valence-electron chi connectivity index (χ2n) is 1.86. The summed E-state index contributed by atoms with van der Waals surface area (Å²) in [4.78, 5) is 0. The summed E-state index contributed by atoms with van der Waals surface area (Å²) in [6.07, 6.45) is 0. The lowest BCUT2D eigenvalue weighted by atomic mass is 10.2. The van der Waals surface area contributed by atoms with Gasteiger partial charge in [-0.15, -0.1) is 0 Å². The van der Waals surface area contributed by atoms with Gasteiger partial charge < -0.3 is 5.73 Å². The zero-order chi connectivity index (χ0) is 7.56. The summed E-state index contributed by atoms with van der Waals surface area (Å²) in [6, 6.07) is 6.79. The molecule has 0 bridgehead atoms. The maximum Gasteiger partial charge on any atom is 0.0258 e. The average molecular weight is 264 g/mol. The minimum absolute atomic E-state index is 0.549. The number of halogens is 2. The Kier molecular flexibility index (Phi) is 2.89. The third-order valence-corrected chi connectivity index (χ3v) is 2.36. The van der Waals surface area contributed by atoms with Gasteiger partial charge in [-0.25, -0.2) is 0 Å². The van der Waals surface area contributed by atoms with Crippen LogP contribution in [0.5, 0.6) is 0 Å². The molecule has 0 unspecified atom stereocenters. The summed E-state index contributed by atoms with van der Waals surface area (Å²) in [5.41, 5.74) is 6.54. The van der Waals surface area contributed by atoms with Gasteiger partial charge in [0.05, 0.1) is 0 Å². The van der Waals surface area contributed by atoms with Crippen molar-refractivity contribution in [2.75, 3.05) is 0 Å². The lowest BCUT2D eigenvalue weighted by Crippen LogP contribution is -1.96. The third-order valence-electron chi connectivity index (χ3n) is 1.16. The minimum Gasteiger partial charge on any atom is -0.326 e. The third kappa shape index (κ3) is 1.81. The summed E-state index contributed by atoms with van der Waals surface area (Å²) >= 11 is 6.66. The standard InChI is InChI=1S/C7H6Br2N/c8-6-1-2-7(9)5(3-6)4-10/h2-3H,4,10H2. The van der Waals surface area contributed by atoms with Crippen LogP contribution in [0.15, 0.2) is 21.1 Å². The van der Waals surface area contributed by atoms with Crippen molar-refractivity contribution in [3.8, 4) is 0 Å². The highest BCUT2D eigenvalue weighted by molar-refractivity contribution is 9.11. The fourth-order valence-electron chi connectivity index (χ4n) is 0.645. The van der Waals surface area contributed by atoms with E-state index in [1.54, 1.807) is 0 Å². The van der Waals surface area contributed by atoms with E-state index in [2.05, 4.69) is 37.9 Å². The first kappa shape index (κ1) is 8.24. The van der Waals surface area contributed by atoms with E-state index in [-0.39, 0.29) is 0 Å². The van der Waals surface area contributed by atoms with Gasteiger partial charge in [-0.1, -0.05) is 31.9 Å². The van der Waals surface area contributed by atoms with Gasteiger partial charge in [0.2, 0.25) is 0 Å². The van der Waals surface area contributed by atoms with Crippen LogP contribution in [-0.4, -0.2) is 0 Å². The maximum absolute atomic E-state index is 5.45. The zero-order valence-corrected chi connectivity index (χ0v) is 8.37. The van der Waals surface area contributed by atoms with Crippen molar-refractivity contribution in [1.29, 1.82) is 0 Å². The number of hydrogen-bond acceptors (Lipinski definition) is 1. The molecular weight excluding hydrogens is 258 g/mol. The van der Waals surface area contributed by atoms with E-state index in [0.717, 1.165) is 14.5 Å². The predicted octanol–water partition coefficient (Wildman–Crippen LogP) is 2.47. The fourth-order valence-corrected chi connectivity index (χ4v) is 1.43. The second-order valence-corrected chi connectivity index (χ2v) is 3.57. The van der Waals surface area contributed by atoms with Crippen LogP contribution in [0.3, 0.4) is 0 Å². The van der Waals surface area contributed by atoms with E-state index in [4.69, 9.17) is 5.73 Å². The van der Waals surface area contributed by atoms with Crippen molar-refractivity contribution in [2.45, 2.75) is 6.54 Å². The van der Waals surface area contributed by atoms with Crippen molar-refractivity contribution < 1.29 is 0 Å². The topological polar surface area (TPSA) is 26.0 Å². The van der Waals surface area contributed by atoms with Crippen molar-refractivity contribution in [1.82, 2.24) is 0 Å². The van der Waals surface area contributed by atoms with Gasteiger partial charge in [0.1, 0.15) is 0 Å². The summed E-state index contributed by atoms with van der Waals surface area (Å²) < 4.78 is 1.95. The smallest absolute Gasteiger partial charge is 0.0258 e. The predicted molar refractivity (Wildman–Crippen MR) is 48.6 cm³/mol. The number of hydrogen-bond donors (Lipinski definition) is 1. The van der Waals surface area contributed by atoms with Crippen molar-refractivity contribution in [2.24, 2.45) is 5.73 Å². The molecule has 1 nitrogen and oxygen atoms in total. The van der Waals surface area contributed by atoms with Gasteiger partial charge in [-0.2, -0.15) is 0 Å². The first-order chi connectivity index (χ1) is 4.74. The number of rotatable bonds is 1. The normalized spacial score (nSPS) is 9.90. The molecule has 0 atom stereocenters. The van der Waals surface area contributed by atoms with Gasteiger partial charge in [0.15, 0.2) is 0 Å². The van der Waals surface area contributed by atoms with Crippen LogP contribution >= 0.6 is 31.9 Å². The van der Waals surface area contributed by atoms with Crippen LogP contribution in [0.2, 0.25) is 0 Å². The molecule has 2 N–H and O–H groups in total. The summed E-state index contributed by atoms with van der Waals surface area (Å²) in [7, 11) is 0. The highest BCUT2D eigenvalue weighted by Crippen LogP contribution is 2.19. The first-order valence-electron chi connectivity index (χ1n) is 2.79. The Morgan fingerprint density at radius 2 is 2.20 bits per heavy atom. The number of nitrogens with two attached hydrogens (primary N) is 1. The average Bonchev–Trinajstić information content (AvgIpc) is 1.94. The van der Waals surface area contributed by atoms with Crippen molar-refractivity contribution in [3.05, 3.63) is 32.7 Å². The Labute approximate surface area is 76.9 Å². The SMILES string of the molecule is NCc1cc(Br)[c]cc1Br. The second kappa shape index (κ2) is 3.51. The Hall–Kier alpha value is 0.140. The lowest BCUT2D eigenvalue weighted by molar-refractivity contribution is 1.06. The molecule has 0 heterocycles. The van der Waals surface area contributed by atoms with Gasteiger partial charge in [-0.05, 0) is 23.8 Å². The Bertz CT molecular complexity index is 235. The van der Waals surface area contributed by atoms with Gasteiger partial charge in [0.25, 0.3) is 0 Å². The Morgan fingerprint density at radius 1 is 1.50 bits per heavy atom. The summed E-state index contributed by atoms with van der Waals surface area (Å²) in [5, 5.41) is 0. The number of benzene rings is 1. The molecule has 0 fully saturated rings. The van der Waals surface area contributed by atoms with E-state index >= 15 is 0 Å². The Morgan fingerprint density at radius 3 is 2.70 bits per heavy atom. The molecule has 0 spiro atoms. The van der Waals surface area contributed by atoms with Gasteiger partial charge in [-0.3, -0.25) is 0 Å². The molecule has 1 rings (SSSR count). The van der Waals surface area contributed by atoms with Gasteiger partial charge in [0, 0.05) is 15.5 Å². The minimum atomic E-state index is 0.549. The van der Waals surface area contributed by atoms with E-state index in [0.29, 0.717) is 6.54 Å². The van der Waals surface area contributed by atoms with Crippen LogP contribution in [0.1, 0.15) is 5.56 Å². The Balaban J connectivity index is 3.09. The molecule has 10 heavy (non-hydrogen) atoms. The molecule has 0 saturated carbocycles. The summed E-state index contributed by atoms with van der Waals surface area (Å²) in [6.45, 7) is 0.549. The molecule has 0 aromatic heterocycles. The van der Waals surface area contributed by atoms with E-state index in [9.17, 15) is 0 Å². The van der Waals surface area contributed by atoms with Crippen LogP contribution in [-0.2, 0) is 6.54 Å². The van der Waals surface area contributed by atoms with Crippen molar-refractivity contribution >= 4 is 31.9 Å². The molecule has 1 radical (unpaired) electrons. The molecule has 0 saturated heterocycles. The van der Waals surface area contributed by atoms with Gasteiger partial charge >= 0.3 is 0 Å². The largest absolute Gasteiger partial charge is 0.326 e. The molecule has 53 valence electrons. The fraction of sp³-hybridized carbons (Fsp3) is 0.143. The molecule has 0 aliphatic carbocycles. The lowest BCUT2D eigenvalue weighted by Gasteiger charge is -1.99. The zero-order valence-electron chi connectivity index (χ0n) is 5.20. The highest BCUT2D eigenvalue weighted by Gasteiger charge is 1.96. The van der Waals surface area contributed by atoms with Crippen LogP contribution in [0.25, 0.3) is 0 Å². The van der Waals surface area contributed by atoms with E-state index < -0.39 is 0 Å². The molecule has 0 aliphatic heterocycles. The molecule has 0 amide bonds. The van der Waals surface area contributed by atoms with Crippen molar-refractivity contribution in [3.63, 3.8) is 0 Å². The van der Waals surface area contributed by atoms with Crippen LogP contribution < -0.4 is 5.73 Å². The highest BCUT2D eigenvalue weighted by atomic mass is 79.9. The first-order valence-corrected chi connectivity index (χ1v) is 4.38. The molecule has 1 aromatic rings. The van der Waals surface area contributed by atoms with Crippen LogP contribution in [0, 0.1) is 6.07 Å². The van der Waals surface area contributed by atoms with E-state index in [1.807, 2.05) is 12.1 Å². The molecular formula is C7H6Br2N. The quantitative estimate of drug-likeness (QED) is 0.828.